The lowest BCUT2D eigenvalue weighted by atomic mass is 9.46. The van der Waals surface area contributed by atoms with E-state index in [2.05, 4.69) is 13.8 Å². The molecule has 0 spiro atoms. The summed E-state index contributed by atoms with van der Waals surface area (Å²) >= 11 is 0. The summed E-state index contributed by atoms with van der Waals surface area (Å²) in [5, 5.41) is 10.5. The Morgan fingerprint density at radius 1 is 0.786 bits per heavy atom. The summed E-state index contributed by atoms with van der Waals surface area (Å²) in [7, 11) is 0. The molecule has 162 valence electrons. The fourth-order valence-electron chi connectivity index (χ4n) is 7.91. The second kappa shape index (κ2) is 9.52. The minimum absolute atomic E-state index is 0.0706. The van der Waals surface area contributed by atoms with E-state index in [0.29, 0.717) is 5.41 Å². The molecule has 2 heteroatoms. The minimum atomic E-state index is -0.455. The Morgan fingerprint density at radius 2 is 1.39 bits per heavy atom. The summed E-state index contributed by atoms with van der Waals surface area (Å²) < 4.78 is 0. The number of carbonyl (C=O) groups is 1. The predicted molar refractivity (Wildman–Crippen MR) is 117 cm³/mol. The van der Waals surface area contributed by atoms with Gasteiger partial charge in [0.25, 0.3) is 0 Å². The van der Waals surface area contributed by atoms with Crippen molar-refractivity contribution in [3.63, 3.8) is 0 Å². The molecule has 0 radical (unpaired) electrons. The standard InChI is InChI=1S/C26H46O2/c1-3-5-15-25(26(23(27)28)16-10-7-11-17-26)20-18-24(14-4-2,19-21-25)22-12-8-6-9-13-22/h22H,3-21H2,1-2H3,(H,27,28). The van der Waals surface area contributed by atoms with Crippen LogP contribution in [0, 0.1) is 22.2 Å². The van der Waals surface area contributed by atoms with Gasteiger partial charge in [-0.05, 0) is 81.0 Å². The first-order valence-corrected chi connectivity index (χ1v) is 12.8. The molecule has 3 rings (SSSR count). The third kappa shape index (κ3) is 4.04. The number of carboxylic acids is 1. The monoisotopic (exact) mass is 390 g/mol. The zero-order valence-corrected chi connectivity index (χ0v) is 18.9. The molecule has 0 heterocycles. The van der Waals surface area contributed by atoms with Crippen LogP contribution in [-0.2, 0) is 4.79 Å². The lowest BCUT2D eigenvalue weighted by Gasteiger charge is -2.58. The van der Waals surface area contributed by atoms with Crippen LogP contribution in [0.5, 0.6) is 0 Å². The number of hydrogen-bond acceptors (Lipinski definition) is 1. The minimum Gasteiger partial charge on any atom is -0.481 e. The maximum atomic E-state index is 12.7. The van der Waals surface area contributed by atoms with Gasteiger partial charge >= 0.3 is 5.97 Å². The fraction of sp³-hybridized carbons (Fsp3) is 0.962. The van der Waals surface area contributed by atoms with Crippen LogP contribution in [0.1, 0.15) is 136 Å². The van der Waals surface area contributed by atoms with E-state index in [1.807, 2.05) is 0 Å². The molecule has 0 atom stereocenters. The average Bonchev–Trinajstić information content (AvgIpc) is 2.74. The lowest BCUT2D eigenvalue weighted by molar-refractivity contribution is -0.171. The van der Waals surface area contributed by atoms with Gasteiger partial charge in [0.15, 0.2) is 0 Å². The largest absolute Gasteiger partial charge is 0.481 e. The van der Waals surface area contributed by atoms with E-state index in [1.54, 1.807) is 0 Å². The van der Waals surface area contributed by atoms with Crippen LogP contribution >= 0.6 is 0 Å². The first kappa shape index (κ1) is 22.2. The number of rotatable bonds is 8. The third-order valence-electron chi connectivity index (χ3n) is 9.56. The van der Waals surface area contributed by atoms with Crippen LogP contribution in [0.3, 0.4) is 0 Å². The summed E-state index contributed by atoms with van der Waals surface area (Å²) in [5.41, 5.74) is 0.172. The van der Waals surface area contributed by atoms with Crippen molar-refractivity contribution in [2.75, 3.05) is 0 Å². The molecule has 0 amide bonds. The quantitative estimate of drug-likeness (QED) is 0.454. The summed E-state index contributed by atoms with van der Waals surface area (Å²) in [4.78, 5) is 12.7. The molecule has 0 bridgehead atoms. The van der Waals surface area contributed by atoms with Gasteiger partial charge in [-0.1, -0.05) is 71.6 Å². The zero-order valence-electron chi connectivity index (χ0n) is 18.9. The van der Waals surface area contributed by atoms with Crippen LogP contribution in [0.2, 0.25) is 0 Å². The molecule has 1 N–H and O–H groups in total. The highest BCUT2D eigenvalue weighted by Crippen LogP contribution is 2.64. The van der Waals surface area contributed by atoms with Gasteiger partial charge in [0.05, 0.1) is 5.41 Å². The van der Waals surface area contributed by atoms with E-state index < -0.39 is 11.4 Å². The van der Waals surface area contributed by atoms with Crippen molar-refractivity contribution < 1.29 is 9.90 Å². The van der Waals surface area contributed by atoms with Crippen LogP contribution in [0.15, 0.2) is 0 Å². The van der Waals surface area contributed by atoms with E-state index in [4.69, 9.17) is 0 Å². The van der Waals surface area contributed by atoms with Crippen molar-refractivity contribution in [1.29, 1.82) is 0 Å². The Morgan fingerprint density at radius 3 is 1.93 bits per heavy atom. The zero-order chi connectivity index (χ0) is 20.1. The number of hydrogen-bond donors (Lipinski definition) is 1. The van der Waals surface area contributed by atoms with Gasteiger partial charge in [-0.25, -0.2) is 0 Å². The van der Waals surface area contributed by atoms with Gasteiger partial charge in [0.2, 0.25) is 0 Å². The van der Waals surface area contributed by atoms with E-state index in [1.165, 1.54) is 89.9 Å². The number of unbranched alkanes of at least 4 members (excludes halogenated alkanes) is 1. The topological polar surface area (TPSA) is 37.3 Å². The van der Waals surface area contributed by atoms with Gasteiger partial charge in [0, 0.05) is 0 Å². The van der Waals surface area contributed by atoms with E-state index in [9.17, 15) is 9.90 Å². The molecule has 0 saturated heterocycles. The number of carboxylic acid groups (broad SMARTS) is 1. The first-order valence-electron chi connectivity index (χ1n) is 12.8. The van der Waals surface area contributed by atoms with Gasteiger partial charge in [-0.15, -0.1) is 0 Å². The van der Waals surface area contributed by atoms with Crippen LogP contribution < -0.4 is 0 Å². The molecule has 3 saturated carbocycles. The Balaban J connectivity index is 1.86. The molecular weight excluding hydrogens is 344 g/mol. The van der Waals surface area contributed by atoms with Gasteiger partial charge < -0.3 is 5.11 Å². The molecule has 3 aliphatic rings. The van der Waals surface area contributed by atoms with Gasteiger partial charge in [-0.2, -0.15) is 0 Å². The maximum absolute atomic E-state index is 12.7. The Bertz CT molecular complexity index is 489. The van der Waals surface area contributed by atoms with Crippen molar-refractivity contribution in [3.8, 4) is 0 Å². The molecule has 0 aromatic carbocycles. The van der Waals surface area contributed by atoms with Gasteiger partial charge in [0.1, 0.15) is 0 Å². The van der Waals surface area contributed by atoms with Crippen molar-refractivity contribution >= 4 is 5.97 Å². The molecule has 3 fully saturated rings. The highest BCUT2D eigenvalue weighted by molar-refractivity contribution is 5.76. The van der Waals surface area contributed by atoms with Crippen molar-refractivity contribution in [3.05, 3.63) is 0 Å². The Hall–Kier alpha value is -0.530. The van der Waals surface area contributed by atoms with E-state index in [0.717, 1.165) is 38.0 Å². The normalized spacial score (nSPS) is 34.2. The number of aliphatic carboxylic acids is 1. The van der Waals surface area contributed by atoms with Crippen LogP contribution in [-0.4, -0.2) is 11.1 Å². The summed E-state index contributed by atoms with van der Waals surface area (Å²) in [5.74, 6) is 0.460. The molecule has 0 unspecified atom stereocenters. The summed E-state index contributed by atoms with van der Waals surface area (Å²) in [6, 6.07) is 0. The second-order valence-corrected chi connectivity index (χ2v) is 10.8. The van der Waals surface area contributed by atoms with E-state index >= 15 is 0 Å². The highest BCUT2D eigenvalue weighted by atomic mass is 16.4. The van der Waals surface area contributed by atoms with Crippen molar-refractivity contribution in [1.82, 2.24) is 0 Å². The van der Waals surface area contributed by atoms with Crippen LogP contribution in [0.4, 0.5) is 0 Å². The Kier molecular flexibility index (Phi) is 7.54. The molecule has 0 aliphatic heterocycles. The summed E-state index contributed by atoms with van der Waals surface area (Å²) in [6.07, 6.45) is 23.8. The van der Waals surface area contributed by atoms with Gasteiger partial charge in [-0.3, -0.25) is 4.79 Å². The van der Waals surface area contributed by atoms with Crippen LogP contribution in [0.25, 0.3) is 0 Å². The molecule has 0 aromatic rings. The van der Waals surface area contributed by atoms with Crippen molar-refractivity contribution in [2.24, 2.45) is 22.2 Å². The average molecular weight is 391 g/mol. The molecule has 2 nitrogen and oxygen atoms in total. The second-order valence-electron chi connectivity index (χ2n) is 10.8. The highest BCUT2D eigenvalue weighted by Gasteiger charge is 2.58. The predicted octanol–water partition coefficient (Wildman–Crippen LogP) is 8.14. The Labute approximate surface area is 174 Å². The first-order chi connectivity index (χ1) is 13.5. The lowest BCUT2D eigenvalue weighted by Crippen LogP contribution is -2.53. The van der Waals surface area contributed by atoms with E-state index in [-0.39, 0.29) is 5.41 Å². The van der Waals surface area contributed by atoms with Crippen molar-refractivity contribution in [2.45, 2.75) is 136 Å². The molecule has 28 heavy (non-hydrogen) atoms. The fourth-order valence-corrected chi connectivity index (χ4v) is 7.91. The SMILES string of the molecule is CCCCC1(C2(C(=O)O)CCCCC2)CCC(CCC)(C2CCCCC2)CC1. The smallest absolute Gasteiger partial charge is 0.310 e. The molecule has 0 aromatic heterocycles. The molecular formula is C26H46O2. The summed E-state index contributed by atoms with van der Waals surface area (Å²) in [6.45, 7) is 4.64. The third-order valence-corrected chi connectivity index (χ3v) is 9.56. The molecule has 3 aliphatic carbocycles. The maximum Gasteiger partial charge on any atom is 0.310 e.